The third kappa shape index (κ3) is 3.67. The quantitative estimate of drug-likeness (QED) is 0.668. The van der Waals surface area contributed by atoms with Gasteiger partial charge in [0.25, 0.3) is 5.91 Å². The first-order valence-corrected chi connectivity index (χ1v) is 8.86. The van der Waals surface area contributed by atoms with Gasteiger partial charge in [-0.3, -0.25) is 9.78 Å². The van der Waals surface area contributed by atoms with Crippen LogP contribution in [-0.4, -0.2) is 39.0 Å². The molecule has 1 amide bonds. The van der Waals surface area contributed by atoms with Crippen molar-refractivity contribution in [1.82, 2.24) is 20.0 Å². The summed E-state index contributed by atoms with van der Waals surface area (Å²) in [7, 11) is 1.82. The molecule has 0 spiro atoms. The molecule has 1 saturated carbocycles. The molecular weight excluding hydrogens is 344 g/mol. The molecular formula is C20H20N4O3. The Bertz CT molecular complexity index is 934. The maximum Gasteiger partial charge on any atom is 0.272 e. The van der Waals surface area contributed by atoms with Crippen LogP contribution in [0.1, 0.15) is 34.7 Å². The third-order valence-electron chi connectivity index (χ3n) is 4.65. The van der Waals surface area contributed by atoms with E-state index in [1.165, 1.54) is 0 Å². The molecule has 0 N–H and O–H groups in total. The van der Waals surface area contributed by atoms with Crippen molar-refractivity contribution < 1.29 is 14.1 Å². The van der Waals surface area contributed by atoms with Crippen LogP contribution in [0.4, 0.5) is 0 Å². The van der Waals surface area contributed by atoms with Crippen LogP contribution in [0.2, 0.25) is 0 Å². The van der Waals surface area contributed by atoms with E-state index in [9.17, 15) is 4.79 Å². The summed E-state index contributed by atoms with van der Waals surface area (Å²) in [5.41, 5.74) is 2.66. The Morgan fingerprint density at radius 3 is 2.78 bits per heavy atom. The lowest BCUT2D eigenvalue weighted by atomic mass is 10.1. The maximum absolute atomic E-state index is 12.3. The van der Waals surface area contributed by atoms with Crippen LogP contribution >= 0.6 is 0 Å². The second-order valence-corrected chi connectivity index (χ2v) is 6.60. The average molecular weight is 364 g/mol. The minimum absolute atomic E-state index is 0.0589. The summed E-state index contributed by atoms with van der Waals surface area (Å²) in [5, 5.41) is 4.09. The number of hydrogen-bond acceptors (Lipinski definition) is 6. The molecule has 0 radical (unpaired) electrons. The standard InChI is InChI=1S/C20H20N4O3/c1-13-16(19(23-27-13)17-5-3-4-10-21-17)12-26-15-8-9-18(22-11-15)20(25)24(2)14-6-7-14/h3-5,8-11,14H,6-7,12H2,1-2H3. The van der Waals surface area contributed by atoms with Crippen LogP contribution in [0, 0.1) is 6.92 Å². The van der Waals surface area contributed by atoms with Gasteiger partial charge in [0.05, 0.1) is 17.5 Å². The van der Waals surface area contributed by atoms with Gasteiger partial charge in [0, 0.05) is 19.3 Å². The predicted octanol–water partition coefficient (Wildman–Crippen LogP) is 3.25. The highest BCUT2D eigenvalue weighted by atomic mass is 16.5. The van der Waals surface area contributed by atoms with E-state index in [0.717, 1.165) is 24.1 Å². The normalized spacial score (nSPS) is 13.4. The zero-order valence-corrected chi connectivity index (χ0v) is 15.3. The first-order chi connectivity index (χ1) is 13.1. The average Bonchev–Trinajstić information content (AvgIpc) is 3.49. The molecule has 7 nitrogen and oxygen atoms in total. The first-order valence-electron chi connectivity index (χ1n) is 8.86. The van der Waals surface area contributed by atoms with E-state index in [1.54, 1.807) is 29.4 Å². The number of aromatic nitrogens is 3. The van der Waals surface area contributed by atoms with E-state index >= 15 is 0 Å². The van der Waals surface area contributed by atoms with Crippen molar-refractivity contribution in [2.24, 2.45) is 0 Å². The van der Waals surface area contributed by atoms with Crippen LogP contribution in [0.5, 0.6) is 5.75 Å². The van der Waals surface area contributed by atoms with Crippen molar-refractivity contribution >= 4 is 5.91 Å². The van der Waals surface area contributed by atoms with Crippen molar-refractivity contribution in [3.63, 3.8) is 0 Å². The molecule has 138 valence electrons. The molecule has 3 aromatic rings. The van der Waals surface area contributed by atoms with Gasteiger partial charge >= 0.3 is 0 Å². The molecule has 27 heavy (non-hydrogen) atoms. The van der Waals surface area contributed by atoms with E-state index in [4.69, 9.17) is 9.26 Å². The van der Waals surface area contributed by atoms with Crippen LogP contribution in [0.3, 0.4) is 0 Å². The third-order valence-corrected chi connectivity index (χ3v) is 4.65. The van der Waals surface area contributed by atoms with E-state index in [-0.39, 0.29) is 12.5 Å². The topological polar surface area (TPSA) is 81.3 Å². The van der Waals surface area contributed by atoms with Crippen molar-refractivity contribution in [2.45, 2.75) is 32.4 Å². The van der Waals surface area contributed by atoms with E-state index in [2.05, 4.69) is 15.1 Å². The summed E-state index contributed by atoms with van der Waals surface area (Å²) in [6.45, 7) is 2.12. The smallest absolute Gasteiger partial charge is 0.272 e. The summed E-state index contributed by atoms with van der Waals surface area (Å²) >= 11 is 0. The highest BCUT2D eigenvalue weighted by Crippen LogP contribution is 2.27. The molecule has 0 unspecified atom stereocenters. The molecule has 1 aliphatic carbocycles. The molecule has 0 bridgehead atoms. The Morgan fingerprint density at radius 1 is 1.26 bits per heavy atom. The molecule has 0 saturated heterocycles. The van der Waals surface area contributed by atoms with Gasteiger partial charge in [0.2, 0.25) is 0 Å². The van der Waals surface area contributed by atoms with Gasteiger partial charge in [-0.2, -0.15) is 0 Å². The largest absolute Gasteiger partial charge is 0.487 e. The van der Waals surface area contributed by atoms with E-state index in [0.29, 0.717) is 28.9 Å². The zero-order chi connectivity index (χ0) is 18.8. The van der Waals surface area contributed by atoms with E-state index < -0.39 is 0 Å². The van der Waals surface area contributed by atoms with E-state index in [1.807, 2.05) is 32.2 Å². The Balaban J connectivity index is 1.45. The van der Waals surface area contributed by atoms with Gasteiger partial charge in [-0.1, -0.05) is 11.2 Å². The number of aryl methyl sites for hydroxylation is 1. The number of ether oxygens (including phenoxy) is 1. The molecule has 0 aromatic carbocycles. The van der Waals surface area contributed by atoms with Gasteiger partial charge < -0.3 is 14.2 Å². The molecule has 1 fully saturated rings. The molecule has 0 aliphatic heterocycles. The highest BCUT2D eigenvalue weighted by molar-refractivity contribution is 5.92. The van der Waals surface area contributed by atoms with Crippen LogP contribution < -0.4 is 4.74 Å². The van der Waals surface area contributed by atoms with Crippen LogP contribution in [-0.2, 0) is 6.61 Å². The van der Waals surface area contributed by atoms with Crippen molar-refractivity contribution in [1.29, 1.82) is 0 Å². The first kappa shape index (κ1) is 17.2. The molecule has 0 atom stereocenters. The number of amides is 1. The van der Waals surface area contributed by atoms with Crippen LogP contribution in [0.15, 0.2) is 47.2 Å². The fourth-order valence-corrected chi connectivity index (χ4v) is 2.82. The summed E-state index contributed by atoms with van der Waals surface area (Å²) < 4.78 is 11.1. The second kappa shape index (κ2) is 7.19. The number of rotatable bonds is 6. The van der Waals surface area contributed by atoms with Crippen molar-refractivity contribution in [2.75, 3.05) is 7.05 Å². The number of hydrogen-bond donors (Lipinski definition) is 0. The second-order valence-electron chi connectivity index (χ2n) is 6.60. The lowest BCUT2D eigenvalue weighted by Gasteiger charge is -2.15. The Kier molecular flexibility index (Phi) is 4.58. The van der Waals surface area contributed by atoms with Gasteiger partial charge in [0.1, 0.15) is 29.5 Å². The molecule has 1 aliphatic rings. The van der Waals surface area contributed by atoms with Gasteiger partial charge in [-0.15, -0.1) is 0 Å². The van der Waals surface area contributed by atoms with Crippen molar-refractivity contribution in [3.05, 3.63) is 59.7 Å². The summed E-state index contributed by atoms with van der Waals surface area (Å²) in [6.07, 6.45) is 5.42. The molecule has 4 rings (SSSR count). The number of carbonyl (C=O) groups is 1. The Morgan fingerprint density at radius 2 is 2.11 bits per heavy atom. The fraction of sp³-hybridized carbons (Fsp3) is 0.300. The van der Waals surface area contributed by atoms with Gasteiger partial charge in [0.15, 0.2) is 0 Å². The number of nitrogens with zero attached hydrogens (tertiary/aromatic N) is 4. The van der Waals surface area contributed by atoms with Crippen molar-refractivity contribution in [3.8, 4) is 17.1 Å². The Hall–Kier alpha value is -3.22. The molecule has 3 heterocycles. The minimum Gasteiger partial charge on any atom is -0.487 e. The number of carbonyl (C=O) groups excluding carboxylic acids is 1. The number of pyridine rings is 2. The SMILES string of the molecule is Cc1onc(-c2ccccn2)c1COc1ccc(C(=O)N(C)C2CC2)nc1. The van der Waals surface area contributed by atoms with Gasteiger partial charge in [-0.25, -0.2) is 4.98 Å². The predicted molar refractivity (Wildman–Crippen MR) is 98.2 cm³/mol. The summed E-state index contributed by atoms with van der Waals surface area (Å²) in [4.78, 5) is 22.6. The summed E-state index contributed by atoms with van der Waals surface area (Å²) in [5.74, 6) is 1.20. The lowest BCUT2D eigenvalue weighted by molar-refractivity contribution is 0.0779. The minimum atomic E-state index is -0.0589. The lowest BCUT2D eigenvalue weighted by Crippen LogP contribution is -2.29. The monoisotopic (exact) mass is 364 g/mol. The molecule has 7 heteroatoms. The highest BCUT2D eigenvalue weighted by Gasteiger charge is 2.30. The van der Waals surface area contributed by atoms with Crippen LogP contribution in [0.25, 0.3) is 11.4 Å². The zero-order valence-electron chi connectivity index (χ0n) is 15.3. The summed E-state index contributed by atoms with van der Waals surface area (Å²) in [6, 6.07) is 9.42. The fourth-order valence-electron chi connectivity index (χ4n) is 2.82. The Labute approximate surface area is 157 Å². The van der Waals surface area contributed by atoms with Gasteiger partial charge in [-0.05, 0) is 44.0 Å². The maximum atomic E-state index is 12.3. The molecule has 3 aromatic heterocycles.